The molecule has 0 aliphatic rings. The summed E-state index contributed by atoms with van der Waals surface area (Å²) in [7, 11) is 0. The van der Waals surface area contributed by atoms with Crippen LogP contribution in [0.3, 0.4) is 0 Å². The first-order valence-corrected chi connectivity index (χ1v) is 6.45. The minimum Gasteiger partial charge on any atom is -0.359 e. The lowest BCUT2D eigenvalue weighted by Gasteiger charge is -2.26. The van der Waals surface area contributed by atoms with Crippen LogP contribution in [0.4, 0.5) is 0 Å². The average Bonchev–Trinajstić information content (AvgIpc) is 2.28. The van der Waals surface area contributed by atoms with Gasteiger partial charge in [-0.15, -0.1) is 0 Å². The molecule has 0 heterocycles. The predicted molar refractivity (Wildman–Crippen MR) is 78.1 cm³/mol. The lowest BCUT2D eigenvalue weighted by atomic mass is 10.0. The second kappa shape index (κ2) is 6.01. The molecule has 3 heteroatoms. The molecule has 0 amide bonds. The molecule has 1 rings (SSSR count). The average molecular weight is 250 g/mol. The van der Waals surface area contributed by atoms with Crippen molar-refractivity contribution in [3.05, 3.63) is 35.4 Å². The SMILES string of the molecule is CCC(C)(C)NC(=S)NCc1ccc(C)cc1. The van der Waals surface area contributed by atoms with Gasteiger partial charge in [-0.2, -0.15) is 0 Å². The van der Waals surface area contributed by atoms with E-state index in [4.69, 9.17) is 12.2 Å². The molecule has 0 unspecified atom stereocenters. The zero-order valence-corrected chi connectivity index (χ0v) is 11.9. The van der Waals surface area contributed by atoms with Crippen molar-refractivity contribution in [3.8, 4) is 0 Å². The van der Waals surface area contributed by atoms with Crippen LogP contribution in [-0.2, 0) is 6.54 Å². The van der Waals surface area contributed by atoms with E-state index in [1.807, 2.05) is 0 Å². The summed E-state index contributed by atoms with van der Waals surface area (Å²) < 4.78 is 0. The first-order chi connectivity index (χ1) is 7.93. The highest BCUT2D eigenvalue weighted by atomic mass is 32.1. The van der Waals surface area contributed by atoms with Gasteiger partial charge >= 0.3 is 0 Å². The highest BCUT2D eigenvalue weighted by molar-refractivity contribution is 7.80. The van der Waals surface area contributed by atoms with Gasteiger partial charge < -0.3 is 10.6 Å². The summed E-state index contributed by atoms with van der Waals surface area (Å²) in [6, 6.07) is 8.47. The van der Waals surface area contributed by atoms with Crippen molar-refractivity contribution < 1.29 is 0 Å². The first kappa shape index (κ1) is 14.0. The van der Waals surface area contributed by atoms with Gasteiger partial charge in [-0.05, 0) is 45.0 Å². The fraction of sp³-hybridized carbons (Fsp3) is 0.500. The molecule has 0 fully saturated rings. The summed E-state index contributed by atoms with van der Waals surface area (Å²) in [5, 5.41) is 7.26. The number of rotatable bonds is 4. The predicted octanol–water partition coefficient (Wildman–Crippen LogP) is 3.15. The van der Waals surface area contributed by atoms with Crippen LogP contribution in [0.1, 0.15) is 38.3 Å². The Labute approximate surface area is 110 Å². The van der Waals surface area contributed by atoms with Crippen molar-refractivity contribution in [1.29, 1.82) is 0 Å². The van der Waals surface area contributed by atoms with Crippen molar-refractivity contribution >= 4 is 17.3 Å². The molecule has 1 aromatic rings. The molecule has 0 radical (unpaired) electrons. The van der Waals surface area contributed by atoms with Crippen molar-refractivity contribution in [1.82, 2.24) is 10.6 Å². The van der Waals surface area contributed by atoms with Crippen LogP contribution in [0.15, 0.2) is 24.3 Å². The highest BCUT2D eigenvalue weighted by Crippen LogP contribution is 2.06. The maximum atomic E-state index is 5.27. The van der Waals surface area contributed by atoms with E-state index in [2.05, 4.69) is 62.6 Å². The Hall–Kier alpha value is -1.09. The number of benzene rings is 1. The van der Waals surface area contributed by atoms with Crippen LogP contribution in [0.5, 0.6) is 0 Å². The maximum absolute atomic E-state index is 5.27. The smallest absolute Gasteiger partial charge is 0.166 e. The van der Waals surface area contributed by atoms with Crippen molar-refractivity contribution in [3.63, 3.8) is 0 Å². The van der Waals surface area contributed by atoms with Crippen molar-refractivity contribution in [2.24, 2.45) is 0 Å². The van der Waals surface area contributed by atoms with Gasteiger partial charge in [-0.3, -0.25) is 0 Å². The summed E-state index contributed by atoms with van der Waals surface area (Å²) in [5.41, 5.74) is 2.58. The Morgan fingerprint density at radius 1 is 1.24 bits per heavy atom. The third-order valence-electron chi connectivity index (χ3n) is 2.91. The topological polar surface area (TPSA) is 24.1 Å². The zero-order chi connectivity index (χ0) is 12.9. The maximum Gasteiger partial charge on any atom is 0.166 e. The van der Waals surface area contributed by atoms with Crippen molar-refractivity contribution in [2.45, 2.75) is 46.2 Å². The van der Waals surface area contributed by atoms with E-state index in [-0.39, 0.29) is 5.54 Å². The molecule has 0 saturated carbocycles. The third-order valence-corrected chi connectivity index (χ3v) is 3.16. The molecule has 2 N–H and O–H groups in total. The van der Waals surface area contributed by atoms with Crippen LogP contribution in [0.2, 0.25) is 0 Å². The minimum atomic E-state index is 0.0529. The Kier molecular flexibility index (Phi) is 4.94. The van der Waals surface area contributed by atoms with E-state index in [1.54, 1.807) is 0 Å². The quantitative estimate of drug-likeness (QED) is 0.803. The molecule has 0 bridgehead atoms. The summed E-state index contributed by atoms with van der Waals surface area (Å²) in [6.07, 6.45) is 1.04. The molecule has 17 heavy (non-hydrogen) atoms. The Morgan fingerprint density at radius 3 is 2.35 bits per heavy atom. The van der Waals surface area contributed by atoms with Crippen molar-refractivity contribution in [2.75, 3.05) is 0 Å². The van der Waals surface area contributed by atoms with Crippen LogP contribution >= 0.6 is 12.2 Å². The fourth-order valence-electron chi connectivity index (χ4n) is 1.33. The van der Waals surface area contributed by atoms with E-state index in [0.29, 0.717) is 0 Å². The lowest BCUT2D eigenvalue weighted by Crippen LogP contribution is -2.47. The summed E-state index contributed by atoms with van der Waals surface area (Å²) in [5.74, 6) is 0. The number of hydrogen-bond acceptors (Lipinski definition) is 1. The molecule has 94 valence electrons. The van der Waals surface area contributed by atoms with Crippen LogP contribution in [0, 0.1) is 6.92 Å². The van der Waals surface area contributed by atoms with Gasteiger partial charge in [0.25, 0.3) is 0 Å². The summed E-state index contributed by atoms with van der Waals surface area (Å²) in [6.45, 7) is 9.30. The van der Waals surface area contributed by atoms with Gasteiger partial charge in [0, 0.05) is 12.1 Å². The second-order valence-corrected chi connectivity index (χ2v) is 5.44. The van der Waals surface area contributed by atoms with E-state index in [9.17, 15) is 0 Å². The highest BCUT2D eigenvalue weighted by Gasteiger charge is 2.15. The molecule has 1 aromatic carbocycles. The standard InChI is InChI=1S/C14H22N2S/c1-5-14(3,4)16-13(17)15-10-12-8-6-11(2)7-9-12/h6-9H,5,10H2,1-4H3,(H2,15,16,17). The van der Waals surface area contributed by atoms with E-state index >= 15 is 0 Å². The fourth-order valence-corrected chi connectivity index (χ4v) is 1.68. The van der Waals surface area contributed by atoms with Crippen LogP contribution in [-0.4, -0.2) is 10.7 Å². The summed E-state index contributed by atoms with van der Waals surface area (Å²) in [4.78, 5) is 0. The Bertz CT molecular complexity index is 368. The summed E-state index contributed by atoms with van der Waals surface area (Å²) >= 11 is 5.27. The van der Waals surface area contributed by atoms with Gasteiger partial charge in [0.2, 0.25) is 0 Å². The molecule has 0 aliphatic heterocycles. The first-order valence-electron chi connectivity index (χ1n) is 6.04. The zero-order valence-electron chi connectivity index (χ0n) is 11.1. The minimum absolute atomic E-state index is 0.0529. The normalized spacial score (nSPS) is 11.1. The van der Waals surface area contributed by atoms with Gasteiger partial charge in [0.05, 0.1) is 0 Å². The van der Waals surface area contributed by atoms with Gasteiger partial charge in [-0.1, -0.05) is 36.8 Å². The third kappa shape index (κ3) is 5.18. The van der Waals surface area contributed by atoms with Crippen LogP contribution < -0.4 is 10.6 Å². The number of aryl methyl sites for hydroxylation is 1. The van der Waals surface area contributed by atoms with Gasteiger partial charge in [-0.25, -0.2) is 0 Å². The molecular weight excluding hydrogens is 228 g/mol. The number of hydrogen-bond donors (Lipinski definition) is 2. The Balaban J connectivity index is 2.41. The largest absolute Gasteiger partial charge is 0.359 e. The second-order valence-electron chi connectivity index (χ2n) is 5.03. The molecular formula is C14H22N2S. The molecule has 2 nitrogen and oxygen atoms in total. The molecule has 0 spiro atoms. The van der Waals surface area contributed by atoms with E-state index in [1.165, 1.54) is 11.1 Å². The molecule has 0 aliphatic carbocycles. The number of thiocarbonyl (C=S) groups is 1. The molecule has 0 aromatic heterocycles. The molecule has 0 atom stereocenters. The molecule has 0 saturated heterocycles. The van der Waals surface area contributed by atoms with Crippen LogP contribution in [0.25, 0.3) is 0 Å². The van der Waals surface area contributed by atoms with E-state index < -0.39 is 0 Å². The monoisotopic (exact) mass is 250 g/mol. The van der Waals surface area contributed by atoms with Gasteiger partial charge in [0.15, 0.2) is 5.11 Å². The van der Waals surface area contributed by atoms with E-state index in [0.717, 1.165) is 18.1 Å². The lowest BCUT2D eigenvalue weighted by molar-refractivity contribution is 0.442. The van der Waals surface area contributed by atoms with Gasteiger partial charge in [0.1, 0.15) is 0 Å². The number of nitrogens with one attached hydrogen (secondary N) is 2. The Morgan fingerprint density at radius 2 is 1.82 bits per heavy atom.